The summed E-state index contributed by atoms with van der Waals surface area (Å²) in [6.45, 7) is 2.64. The highest BCUT2D eigenvalue weighted by Crippen LogP contribution is 2.01. The van der Waals surface area contributed by atoms with E-state index in [4.69, 9.17) is 10.8 Å². The predicted molar refractivity (Wildman–Crippen MR) is 66.6 cm³/mol. The van der Waals surface area contributed by atoms with Gasteiger partial charge in [-0.15, -0.1) is 0 Å². The molecular formula is C10H19N5O4. The van der Waals surface area contributed by atoms with Gasteiger partial charge in [0.2, 0.25) is 0 Å². The van der Waals surface area contributed by atoms with Crippen molar-refractivity contribution < 1.29 is 19.5 Å². The van der Waals surface area contributed by atoms with Gasteiger partial charge in [-0.3, -0.25) is 9.69 Å². The van der Waals surface area contributed by atoms with Crippen molar-refractivity contribution in [1.82, 2.24) is 20.4 Å². The van der Waals surface area contributed by atoms with Gasteiger partial charge in [-0.2, -0.15) is 0 Å². The predicted octanol–water partition coefficient (Wildman–Crippen LogP) is -1.93. The molecular weight excluding hydrogens is 254 g/mol. The second kappa shape index (κ2) is 7.41. The molecule has 9 nitrogen and oxygen atoms in total. The first-order valence-electron chi connectivity index (χ1n) is 5.99. The molecule has 19 heavy (non-hydrogen) atoms. The summed E-state index contributed by atoms with van der Waals surface area (Å²) < 4.78 is 0. The van der Waals surface area contributed by atoms with Crippen molar-refractivity contribution in [2.24, 2.45) is 5.73 Å². The number of hydrogen-bond donors (Lipinski definition) is 4. The molecule has 0 spiro atoms. The van der Waals surface area contributed by atoms with E-state index in [1.165, 1.54) is 0 Å². The Balaban J connectivity index is 2.18. The molecule has 0 aromatic heterocycles. The van der Waals surface area contributed by atoms with Crippen LogP contribution in [-0.4, -0.2) is 78.8 Å². The van der Waals surface area contributed by atoms with Crippen molar-refractivity contribution in [2.45, 2.75) is 0 Å². The van der Waals surface area contributed by atoms with Gasteiger partial charge in [-0.25, -0.2) is 9.59 Å². The highest BCUT2D eigenvalue weighted by atomic mass is 16.4. The molecule has 0 atom stereocenters. The average molecular weight is 273 g/mol. The van der Waals surface area contributed by atoms with Crippen molar-refractivity contribution in [1.29, 1.82) is 0 Å². The van der Waals surface area contributed by atoms with E-state index in [1.54, 1.807) is 9.80 Å². The van der Waals surface area contributed by atoms with Crippen LogP contribution in [0.1, 0.15) is 0 Å². The summed E-state index contributed by atoms with van der Waals surface area (Å²) in [7, 11) is 0. The molecule has 0 aromatic carbocycles. The number of primary amides is 1. The molecule has 4 amide bonds. The fraction of sp³-hybridized carbons (Fsp3) is 0.700. The Morgan fingerprint density at radius 3 is 2.16 bits per heavy atom. The largest absolute Gasteiger partial charge is 0.480 e. The second-order valence-electron chi connectivity index (χ2n) is 4.18. The van der Waals surface area contributed by atoms with E-state index < -0.39 is 12.0 Å². The van der Waals surface area contributed by atoms with E-state index >= 15 is 0 Å². The van der Waals surface area contributed by atoms with E-state index in [-0.39, 0.29) is 19.1 Å². The lowest BCUT2D eigenvalue weighted by atomic mass is 10.3. The Labute approximate surface area is 110 Å². The summed E-state index contributed by atoms with van der Waals surface area (Å²) in [6.07, 6.45) is 0. The molecule has 108 valence electrons. The number of piperazine rings is 1. The normalized spacial score (nSPS) is 15.9. The first-order chi connectivity index (χ1) is 8.99. The van der Waals surface area contributed by atoms with Crippen LogP contribution >= 0.6 is 0 Å². The monoisotopic (exact) mass is 273 g/mol. The number of carboxylic acids is 1. The molecule has 9 heteroatoms. The molecule has 1 fully saturated rings. The first-order valence-corrected chi connectivity index (χ1v) is 5.99. The minimum atomic E-state index is -0.865. The molecule has 0 bridgehead atoms. The number of nitrogens with two attached hydrogens (primary N) is 1. The van der Waals surface area contributed by atoms with Gasteiger partial charge in [0, 0.05) is 39.3 Å². The fourth-order valence-corrected chi connectivity index (χ4v) is 1.77. The highest BCUT2D eigenvalue weighted by molar-refractivity contribution is 5.75. The number of carboxylic acid groups (broad SMARTS) is 1. The van der Waals surface area contributed by atoms with Crippen LogP contribution in [0.5, 0.6) is 0 Å². The lowest BCUT2D eigenvalue weighted by molar-refractivity contribution is -0.138. The molecule has 1 aliphatic heterocycles. The average Bonchev–Trinajstić information content (AvgIpc) is 2.34. The van der Waals surface area contributed by atoms with E-state index in [2.05, 4.69) is 10.6 Å². The molecule has 0 radical (unpaired) electrons. The first kappa shape index (κ1) is 15.0. The molecule has 0 saturated carbocycles. The summed E-state index contributed by atoms with van der Waals surface area (Å²) in [6, 6.07) is -0.849. The zero-order valence-corrected chi connectivity index (χ0v) is 10.6. The maximum Gasteiger partial charge on any atom is 0.317 e. The van der Waals surface area contributed by atoms with Gasteiger partial charge in [-0.05, 0) is 0 Å². The van der Waals surface area contributed by atoms with Crippen LogP contribution in [0, 0.1) is 0 Å². The van der Waals surface area contributed by atoms with E-state index in [9.17, 15) is 14.4 Å². The maximum absolute atomic E-state index is 11.7. The van der Waals surface area contributed by atoms with Crippen LogP contribution in [0.25, 0.3) is 0 Å². The van der Waals surface area contributed by atoms with E-state index in [0.717, 1.165) is 0 Å². The maximum atomic E-state index is 11.7. The second-order valence-corrected chi connectivity index (χ2v) is 4.18. The van der Waals surface area contributed by atoms with E-state index in [1.807, 2.05) is 0 Å². The molecule has 0 aromatic rings. The Bertz CT molecular complexity index is 341. The molecule has 1 heterocycles. The van der Waals surface area contributed by atoms with Crippen molar-refractivity contribution in [3.63, 3.8) is 0 Å². The molecule has 1 saturated heterocycles. The Morgan fingerprint density at radius 1 is 1.05 bits per heavy atom. The van der Waals surface area contributed by atoms with Gasteiger partial charge in [0.05, 0.1) is 6.54 Å². The molecule has 0 aliphatic carbocycles. The minimum Gasteiger partial charge on any atom is -0.480 e. The molecule has 0 unspecified atom stereocenters. The van der Waals surface area contributed by atoms with Crippen molar-refractivity contribution >= 4 is 18.0 Å². The topological polar surface area (TPSA) is 128 Å². The van der Waals surface area contributed by atoms with Gasteiger partial charge in [0.1, 0.15) is 0 Å². The van der Waals surface area contributed by atoms with Crippen LogP contribution in [0.3, 0.4) is 0 Å². The summed E-state index contributed by atoms with van der Waals surface area (Å²) in [5, 5.41) is 13.7. The third kappa shape index (κ3) is 5.91. The Morgan fingerprint density at radius 2 is 1.63 bits per heavy atom. The van der Waals surface area contributed by atoms with Gasteiger partial charge in [-0.1, -0.05) is 0 Å². The third-order valence-electron chi connectivity index (χ3n) is 2.72. The number of nitrogens with one attached hydrogen (secondary N) is 2. The van der Waals surface area contributed by atoms with Crippen LogP contribution in [0.2, 0.25) is 0 Å². The lowest BCUT2D eigenvalue weighted by Crippen LogP contribution is -2.53. The number of carbonyl (C=O) groups excluding carboxylic acids is 2. The zero-order valence-electron chi connectivity index (χ0n) is 10.6. The highest BCUT2D eigenvalue weighted by Gasteiger charge is 2.21. The van der Waals surface area contributed by atoms with Crippen molar-refractivity contribution in [2.75, 3.05) is 45.8 Å². The smallest absolute Gasteiger partial charge is 0.317 e. The third-order valence-corrected chi connectivity index (χ3v) is 2.72. The van der Waals surface area contributed by atoms with Crippen LogP contribution in [0.4, 0.5) is 9.59 Å². The number of nitrogens with zero attached hydrogens (tertiary/aromatic N) is 2. The number of aliphatic carboxylic acids is 1. The Kier molecular flexibility index (Phi) is 5.86. The Hall–Kier alpha value is -2.03. The summed E-state index contributed by atoms with van der Waals surface area (Å²) in [5.74, 6) is -0.865. The quantitative estimate of drug-likeness (QED) is 0.433. The lowest BCUT2D eigenvalue weighted by Gasteiger charge is -2.33. The van der Waals surface area contributed by atoms with Crippen LogP contribution in [-0.2, 0) is 4.79 Å². The summed E-state index contributed by atoms with van der Waals surface area (Å²) in [4.78, 5) is 36.0. The summed E-state index contributed by atoms with van der Waals surface area (Å²) in [5.41, 5.74) is 4.88. The number of rotatable bonds is 5. The molecule has 5 N–H and O–H groups in total. The van der Waals surface area contributed by atoms with Gasteiger partial charge in [0.25, 0.3) is 0 Å². The van der Waals surface area contributed by atoms with Gasteiger partial charge >= 0.3 is 18.0 Å². The van der Waals surface area contributed by atoms with Crippen LogP contribution < -0.4 is 16.4 Å². The number of hydrogen-bond acceptors (Lipinski definition) is 4. The number of amides is 4. The number of urea groups is 2. The van der Waals surface area contributed by atoms with Gasteiger partial charge in [0.15, 0.2) is 0 Å². The minimum absolute atomic E-state index is 0.00199. The summed E-state index contributed by atoms with van der Waals surface area (Å²) >= 11 is 0. The molecule has 1 rings (SSSR count). The fourth-order valence-electron chi connectivity index (χ4n) is 1.77. The van der Waals surface area contributed by atoms with Gasteiger partial charge < -0.3 is 26.4 Å². The van der Waals surface area contributed by atoms with Crippen molar-refractivity contribution in [3.05, 3.63) is 0 Å². The standard InChI is InChI=1S/C10H19N5O4/c11-9(18)12-1-2-13-10(19)15-5-3-14(4-6-15)7-8(16)17/h1-7H2,(H,13,19)(H,16,17)(H3,11,12,18). The van der Waals surface area contributed by atoms with Crippen molar-refractivity contribution in [3.8, 4) is 0 Å². The zero-order chi connectivity index (χ0) is 14.3. The van der Waals surface area contributed by atoms with Crippen LogP contribution in [0.15, 0.2) is 0 Å². The SMILES string of the molecule is NC(=O)NCCNC(=O)N1CCN(CC(=O)O)CC1. The number of carbonyl (C=O) groups is 3. The molecule has 1 aliphatic rings. The van der Waals surface area contributed by atoms with E-state index in [0.29, 0.717) is 32.7 Å².